The second kappa shape index (κ2) is 4.89. The van der Waals surface area contributed by atoms with Crippen molar-refractivity contribution >= 4 is 5.57 Å². The van der Waals surface area contributed by atoms with E-state index in [0.717, 1.165) is 0 Å². The molecule has 0 aromatic heterocycles. The molecule has 1 aliphatic carbocycles. The topological polar surface area (TPSA) is 12.0 Å². The van der Waals surface area contributed by atoms with Crippen molar-refractivity contribution in [2.75, 3.05) is 13.1 Å². The summed E-state index contributed by atoms with van der Waals surface area (Å²) in [6.07, 6.45) is 6.60. The van der Waals surface area contributed by atoms with Crippen LogP contribution in [-0.2, 0) is 0 Å². The zero-order valence-corrected chi connectivity index (χ0v) is 11.3. The van der Waals surface area contributed by atoms with Crippen molar-refractivity contribution in [1.82, 2.24) is 5.32 Å². The molecule has 1 aromatic rings. The molecule has 2 aliphatic rings. The Morgan fingerprint density at radius 3 is 2.28 bits per heavy atom. The molecule has 1 aliphatic heterocycles. The van der Waals surface area contributed by atoms with Crippen LogP contribution in [0.3, 0.4) is 0 Å². The van der Waals surface area contributed by atoms with E-state index in [1.165, 1.54) is 50.8 Å². The molecule has 1 heteroatoms. The van der Waals surface area contributed by atoms with E-state index in [2.05, 4.69) is 42.6 Å². The van der Waals surface area contributed by atoms with Crippen LogP contribution in [0, 0.1) is 5.41 Å². The highest BCUT2D eigenvalue weighted by atomic mass is 14.9. The average Bonchev–Trinajstić information content (AvgIpc) is 2.35. The molecule has 0 amide bonds. The molecule has 0 spiro atoms. The Balaban J connectivity index is 2.01. The highest BCUT2D eigenvalue weighted by Crippen LogP contribution is 2.48. The molecule has 0 bridgehead atoms. The van der Waals surface area contributed by atoms with Gasteiger partial charge in [0.25, 0.3) is 0 Å². The van der Waals surface area contributed by atoms with E-state index in [9.17, 15) is 0 Å². The van der Waals surface area contributed by atoms with E-state index in [4.69, 9.17) is 0 Å². The first-order valence-corrected chi connectivity index (χ1v) is 7.28. The predicted molar refractivity (Wildman–Crippen MR) is 77.4 cm³/mol. The summed E-state index contributed by atoms with van der Waals surface area (Å²) in [5.74, 6) is 0. The zero-order chi connectivity index (χ0) is 12.4. The fourth-order valence-corrected chi connectivity index (χ4v) is 3.42. The maximum atomic E-state index is 3.50. The Morgan fingerprint density at radius 2 is 1.72 bits per heavy atom. The van der Waals surface area contributed by atoms with Gasteiger partial charge in [-0.15, -0.1) is 0 Å². The van der Waals surface area contributed by atoms with Crippen molar-refractivity contribution in [2.45, 2.75) is 39.0 Å². The lowest BCUT2D eigenvalue weighted by Gasteiger charge is -2.40. The van der Waals surface area contributed by atoms with Gasteiger partial charge in [0.1, 0.15) is 0 Å². The van der Waals surface area contributed by atoms with Crippen LogP contribution >= 0.6 is 0 Å². The minimum absolute atomic E-state index is 0.391. The lowest BCUT2D eigenvalue weighted by Crippen LogP contribution is -2.36. The first-order chi connectivity index (χ1) is 8.80. The summed E-state index contributed by atoms with van der Waals surface area (Å²) in [4.78, 5) is 0. The molecule has 3 rings (SSSR count). The van der Waals surface area contributed by atoms with Crippen LogP contribution in [-0.4, -0.2) is 13.1 Å². The number of hydrogen-bond donors (Lipinski definition) is 1. The molecule has 1 nitrogen and oxygen atoms in total. The molecule has 0 radical (unpaired) electrons. The molecule has 1 saturated carbocycles. The summed E-state index contributed by atoms with van der Waals surface area (Å²) in [5.41, 5.74) is 5.26. The van der Waals surface area contributed by atoms with Crippen molar-refractivity contribution in [3.63, 3.8) is 0 Å². The first-order valence-electron chi connectivity index (χ1n) is 7.28. The Labute approximate surface area is 110 Å². The van der Waals surface area contributed by atoms with Crippen molar-refractivity contribution in [2.24, 2.45) is 5.41 Å². The van der Waals surface area contributed by atoms with Gasteiger partial charge in [-0.25, -0.2) is 0 Å². The summed E-state index contributed by atoms with van der Waals surface area (Å²) >= 11 is 0. The van der Waals surface area contributed by atoms with Crippen LogP contribution < -0.4 is 5.32 Å². The largest absolute Gasteiger partial charge is 0.317 e. The predicted octanol–water partition coefficient (Wildman–Crippen LogP) is 4.01. The van der Waals surface area contributed by atoms with Gasteiger partial charge >= 0.3 is 0 Å². The van der Waals surface area contributed by atoms with Crippen LogP contribution in [0.25, 0.3) is 5.57 Å². The lowest BCUT2D eigenvalue weighted by molar-refractivity contribution is 0.311. The average molecular weight is 241 g/mol. The van der Waals surface area contributed by atoms with Gasteiger partial charge < -0.3 is 5.32 Å². The van der Waals surface area contributed by atoms with Crippen molar-refractivity contribution in [3.8, 4) is 0 Å². The summed E-state index contributed by atoms with van der Waals surface area (Å²) in [6, 6.07) is 11.1. The van der Waals surface area contributed by atoms with Crippen molar-refractivity contribution < 1.29 is 0 Å². The van der Waals surface area contributed by atoms with Crippen LogP contribution in [0.2, 0.25) is 0 Å². The van der Waals surface area contributed by atoms with Crippen LogP contribution in [0.1, 0.15) is 44.6 Å². The second-order valence-electron chi connectivity index (χ2n) is 6.01. The smallest absolute Gasteiger partial charge is 0.00405 e. The van der Waals surface area contributed by atoms with Crippen molar-refractivity contribution in [1.29, 1.82) is 0 Å². The van der Waals surface area contributed by atoms with Gasteiger partial charge in [-0.2, -0.15) is 0 Å². The van der Waals surface area contributed by atoms with Gasteiger partial charge in [0.2, 0.25) is 0 Å². The normalized spacial score (nSPS) is 22.4. The van der Waals surface area contributed by atoms with E-state index in [0.29, 0.717) is 5.41 Å². The number of benzene rings is 1. The van der Waals surface area contributed by atoms with Gasteiger partial charge in [0.05, 0.1) is 0 Å². The first kappa shape index (κ1) is 12.0. The molecule has 1 heterocycles. The minimum atomic E-state index is 0.391. The minimum Gasteiger partial charge on any atom is -0.317 e. The number of nitrogens with one attached hydrogen (secondary N) is 1. The molecular weight excluding hydrogens is 218 g/mol. The van der Waals surface area contributed by atoms with Gasteiger partial charge in [-0.3, -0.25) is 0 Å². The molecule has 1 aromatic carbocycles. The van der Waals surface area contributed by atoms with Gasteiger partial charge in [-0.1, -0.05) is 42.8 Å². The Kier molecular flexibility index (Phi) is 3.25. The summed E-state index contributed by atoms with van der Waals surface area (Å²) < 4.78 is 0. The van der Waals surface area contributed by atoms with Crippen LogP contribution in [0.5, 0.6) is 0 Å². The molecule has 0 unspecified atom stereocenters. The molecule has 2 fully saturated rings. The quantitative estimate of drug-likeness (QED) is 0.825. The van der Waals surface area contributed by atoms with Gasteiger partial charge in [0.15, 0.2) is 0 Å². The highest BCUT2D eigenvalue weighted by molar-refractivity contribution is 5.74. The van der Waals surface area contributed by atoms with E-state index < -0.39 is 0 Å². The van der Waals surface area contributed by atoms with Gasteiger partial charge in [-0.05, 0) is 61.7 Å². The summed E-state index contributed by atoms with van der Waals surface area (Å²) in [7, 11) is 0. The standard InChI is InChI=1S/C17H23N/c1-17(10-12-18-13-11-17)16(15-8-5-9-15)14-6-3-2-4-7-14/h2-4,6-7,18H,5,8-13H2,1H3. The van der Waals surface area contributed by atoms with Crippen LogP contribution in [0.4, 0.5) is 0 Å². The monoisotopic (exact) mass is 241 g/mol. The Morgan fingerprint density at radius 1 is 1.06 bits per heavy atom. The summed E-state index contributed by atoms with van der Waals surface area (Å²) in [5, 5.41) is 3.50. The molecule has 18 heavy (non-hydrogen) atoms. The molecule has 0 atom stereocenters. The van der Waals surface area contributed by atoms with E-state index in [1.807, 2.05) is 0 Å². The third-order valence-electron chi connectivity index (χ3n) is 4.68. The molecule has 1 N–H and O–H groups in total. The lowest BCUT2D eigenvalue weighted by atomic mass is 9.67. The van der Waals surface area contributed by atoms with Gasteiger partial charge in [0, 0.05) is 0 Å². The maximum absolute atomic E-state index is 3.50. The molecule has 96 valence electrons. The number of piperidine rings is 1. The number of allylic oxidation sites excluding steroid dienone is 2. The maximum Gasteiger partial charge on any atom is -0.00405 e. The third-order valence-corrected chi connectivity index (χ3v) is 4.68. The van der Waals surface area contributed by atoms with E-state index >= 15 is 0 Å². The number of hydrogen-bond acceptors (Lipinski definition) is 1. The fraction of sp³-hybridized carbons (Fsp3) is 0.529. The summed E-state index contributed by atoms with van der Waals surface area (Å²) in [6.45, 7) is 4.81. The second-order valence-corrected chi connectivity index (χ2v) is 6.01. The zero-order valence-electron chi connectivity index (χ0n) is 11.3. The highest BCUT2D eigenvalue weighted by Gasteiger charge is 2.34. The fourth-order valence-electron chi connectivity index (χ4n) is 3.42. The molecule has 1 saturated heterocycles. The van der Waals surface area contributed by atoms with Crippen LogP contribution in [0.15, 0.2) is 35.9 Å². The van der Waals surface area contributed by atoms with Crippen molar-refractivity contribution in [3.05, 3.63) is 41.5 Å². The molecular formula is C17H23N. The SMILES string of the molecule is CC1(C(=C2CCC2)c2ccccc2)CCNCC1. The van der Waals surface area contributed by atoms with E-state index in [1.54, 1.807) is 11.1 Å². The van der Waals surface area contributed by atoms with E-state index in [-0.39, 0.29) is 0 Å². The number of rotatable bonds is 2. The Hall–Kier alpha value is -1.08. The third kappa shape index (κ3) is 2.12. The Bertz CT molecular complexity index is 432.